The van der Waals surface area contributed by atoms with Crippen molar-refractivity contribution in [1.82, 2.24) is 14.8 Å². The first-order valence-electron chi connectivity index (χ1n) is 9.14. The van der Waals surface area contributed by atoms with E-state index in [0.717, 1.165) is 42.4 Å². The van der Waals surface area contributed by atoms with Crippen LogP contribution in [0.2, 0.25) is 0 Å². The molecule has 1 heterocycles. The highest BCUT2D eigenvalue weighted by Gasteiger charge is 2.38. The van der Waals surface area contributed by atoms with Gasteiger partial charge in [0.2, 0.25) is 5.95 Å². The van der Waals surface area contributed by atoms with E-state index >= 15 is 0 Å². The van der Waals surface area contributed by atoms with Gasteiger partial charge in [-0.15, -0.1) is 10.2 Å². The molecule has 5 heteroatoms. The van der Waals surface area contributed by atoms with Crippen molar-refractivity contribution in [2.24, 2.45) is 0 Å². The summed E-state index contributed by atoms with van der Waals surface area (Å²) in [6.07, 6.45) is 2.12. The minimum absolute atomic E-state index is 0.480. The lowest BCUT2D eigenvalue weighted by atomic mass is 9.92. The highest BCUT2D eigenvalue weighted by molar-refractivity contribution is 5.56. The molecule has 0 saturated carbocycles. The highest BCUT2D eigenvalue weighted by Crippen LogP contribution is 2.39. The van der Waals surface area contributed by atoms with Gasteiger partial charge in [0.1, 0.15) is 5.82 Å². The number of aliphatic hydroxyl groups is 1. The SMILES string of the molecule is CCn1c(CC2(O)CCc3ccccc32)nnc1N(C)c1ccccc1. The summed E-state index contributed by atoms with van der Waals surface area (Å²) in [6, 6.07) is 18.3. The molecule has 0 fully saturated rings. The maximum Gasteiger partial charge on any atom is 0.231 e. The Hall–Kier alpha value is -2.66. The maximum atomic E-state index is 11.3. The lowest BCUT2D eigenvalue weighted by Gasteiger charge is -2.24. The lowest BCUT2D eigenvalue weighted by molar-refractivity contribution is 0.0360. The monoisotopic (exact) mass is 348 g/mol. The highest BCUT2D eigenvalue weighted by atomic mass is 16.3. The van der Waals surface area contributed by atoms with Crippen LogP contribution in [0.15, 0.2) is 54.6 Å². The molecular formula is C21H24N4O. The van der Waals surface area contributed by atoms with Gasteiger partial charge in [0.05, 0.1) is 5.60 Å². The van der Waals surface area contributed by atoms with Crippen LogP contribution in [0.5, 0.6) is 0 Å². The van der Waals surface area contributed by atoms with Crippen molar-refractivity contribution in [3.63, 3.8) is 0 Å². The smallest absolute Gasteiger partial charge is 0.231 e. The summed E-state index contributed by atoms with van der Waals surface area (Å²) < 4.78 is 2.09. The lowest BCUT2D eigenvalue weighted by Crippen LogP contribution is -2.27. The molecule has 0 aliphatic heterocycles. The van der Waals surface area contributed by atoms with Crippen molar-refractivity contribution in [1.29, 1.82) is 0 Å². The van der Waals surface area contributed by atoms with Gasteiger partial charge in [-0.1, -0.05) is 42.5 Å². The minimum atomic E-state index is -0.862. The second-order valence-corrected chi connectivity index (χ2v) is 6.92. The van der Waals surface area contributed by atoms with Gasteiger partial charge in [-0.2, -0.15) is 0 Å². The maximum absolute atomic E-state index is 11.3. The molecule has 1 unspecified atom stereocenters. The fraction of sp³-hybridized carbons (Fsp3) is 0.333. The molecule has 26 heavy (non-hydrogen) atoms. The number of para-hydroxylation sites is 1. The number of anilines is 2. The summed E-state index contributed by atoms with van der Waals surface area (Å²) >= 11 is 0. The third kappa shape index (κ3) is 2.78. The summed E-state index contributed by atoms with van der Waals surface area (Å²) in [4.78, 5) is 2.03. The van der Waals surface area contributed by atoms with E-state index in [1.165, 1.54) is 5.56 Å². The summed E-state index contributed by atoms with van der Waals surface area (Å²) in [5.41, 5.74) is 2.47. The number of rotatable bonds is 5. The van der Waals surface area contributed by atoms with Crippen LogP contribution in [0, 0.1) is 0 Å². The number of aryl methyl sites for hydroxylation is 1. The number of aromatic nitrogens is 3. The topological polar surface area (TPSA) is 54.2 Å². The predicted molar refractivity (Wildman–Crippen MR) is 103 cm³/mol. The van der Waals surface area contributed by atoms with E-state index in [2.05, 4.69) is 39.9 Å². The Morgan fingerprint density at radius 3 is 2.58 bits per heavy atom. The molecule has 0 amide bonds. The Kier molecular flexibility index (Phi) is 4.24. The number of hydrogen-bond donors (Lipinski definition) is 1. The van der Waals surface area contributed by atoms with Gasteiger partial charge in [-0.05, 0) is 43.0 Å². The van der Waals surface area contributed by atoms with Crippen molar-refractivity contribution >= 4 is 11.6 Å². The van der Waals surface area contributed by atoms with Gasteiger partial charge < -0.3 is 10.0 Å². The molecule has 2 aromatic carbocycles. The average molecular weight is 348 g/mol. The number of nitrogens with zero attached hydrogens (tertiary/aromatic N) is 4. The van der Waals surface area contributed by atoms with E-state index in [9.17, 15) is 5.11 Å². The van der Waals surface area contributed by atoms with E-state index in [1.54, 1.807) is 0 Å². The summed E-state index contributed by atoms with van der Waals surface area (Å²) in [5.74, 6) is 1.62. The molecule has 1 aromatic heterocycles. The quantitative estimate of drug-likeness (QED) is 0.767. The van der Waals surface area contributed by atoms with E-state index in [1.807, 2.05) is 48.3 Å². The molecule has 134 valence electrons. The van der Waals surface area contributed by atoms with Crippen molar-refractivity contribution in [2.45, 2.75) is 38.3 Å². The first kappa shape index (κ1) is 16.8. The molecular weight excluding hydrogens is 324 g/mol. The normalized spacial score (nSPS) is 18.7. The number of hydrogen-bond acceptors (Lipinski definition) is 4. The molecule has 1 atom stereocenters. The van der Waals surface area contributed by atoms with Gasteiger partial charge in [0, 0.05) is 25.7 Å². The van der Waals surface area contributed by atoms with Crippen LogP contribution >= 0.6 is 0 Å². The summed E-state index contributed by atoms with van der Waals surface area (Å²) in [5, 5.41) is 20.1. The van der Waals surface area contributed by atoms with Crippen molar-refractivity contribution < 1.29 is 5.11 Å². The number of benzene rings is 2. The van der Waals surface area contributed by atoms with E-state index in [0.29, 0.717) is 6.42 Å². The second kappa shape index (κ2) is 6.57. The van der Waals surface area contributed by atoms with Gasteiger partial charge >= 0.3 is 0 Å². The molecule has 1 N–H and O–H groups in total. The molecule has 4 rings (SSSR count). The molecule has 0 saturated heterocycles. The molecule has 0 bridgehead atoms. The average Bonchev–Trinajstić information content (AvgIpc) is 3.23. The first-order valence-corrected chi connectivity index (χ1v) is 9.14. The summed E-state index contributed by atoms with van der Waals surface area (Å²) in [7, 11) is 1.99. The van der Waals surface area contributed by atoms with Crippen LogP contribution < -0.4 is 4.90 Å². The molecule has 3 aromatic rings. The van der Waals surface area contributed by atoms with Crippen LogP contribution in [-0.2, 0) is 25.0 Å². The molecule has 1 aliphatic carbocycles. The Bertz CT molecular complexity index is 905. The molecule has 0 radical (unpaired) electrons. The van der Waals surface area contributed by atoms with Gasteiger partial charge in [-0.25, -0.2) is 0 Å². The Labute approximate surface area is 153 Å². The molecule has 0 spiro atoms. The molecule has 5 nitrogen and oxygen atoms in total. The van der Waals surface area contributed by atoms with Crippen molar-refractivity contribution in [3.8, 4) is 0 Å². The zero-order valence-corrected chi connectivity index (χ0v) is 15.3. The largest absolute Gasteiger partial charge is 0.385 e. The zero-order chi connectivity index (χ0) is 18.1. The second-order valence-electron chi connectivity index (χ2n) is 6.92. The van der Waals surface area contributed by atoms with E-state index in [4.69, 9.17) is 0 Å². The van der Waals surface area contributed by atoms with Gasteiger partial charge in [0.15, 0.2) is 0 Å². The van der Waals surface area contributed by atoms with Crippen LogP contribution in [0.3, 0.4) is 0 Å². The predicted octanol–water partition coefficient (Wildman–Crippen LogP) is 3.44. The van der Waals surface area contributed by atoms with Crippen LogP contribution in [0.25, 0.3) is 0 Å². The van der Waals surface area contributed by atoms with E-state index < -0.39 is 5.60 Å². The zero-order valence-electron chi connectivity index (χ0n) is 15.3. The summed E-state index contributed by atoms with van der Waals surface area (Å²) in [6.45, 7) is 2.84. The van der Waals surface area contributed by atoms with Crippen LogP contribution in [0.1, 0.15) is 30.3 Å². The van der Waals surface area contributed by atoms with Crippen LogP contribution in [-0.4, -0.2) is 26.9 Å². The Morgan fingerprint density at radius 1 is 1.08 bits per heavy atom. The fourth-order valence-electron chi connectivity index (χ4n) is 3.91. The third-order valence-corrected chi connectivity index (χ3v) is 5.34. The van der Waals surface area contributed by atoms with Crippen molar-refractivity contribution in [3.05, 3.63) is 71.5 Å². The number of fused-ring (bicyclic) bond motifs is 1. The van der Waals surface area contributed by atoms with E-state index in [-0.39, 0.29) is 0 Å². The fourth-order valence-corrected chi connectivity index (χ4v) is 3.91. The molecule has 1 aliphatic rings. The van der Waals surface area contributed by atoms with Gasteiger partial charge in [0.25, 0.3) is 0 Å². The van der Waals surface area contributed by atoms with Crippen LogP contribution in [0.4, 0.5) is 11.6 Å². The third-order valence-electron chi connectivity index (χ3n) is 5.34. The first-order chi connectivity index (χ1) is 12.6. The Balaban J connectivity index is 1.66. The standard InChI is InChI=1S/C21H24N4O/c1-3-25-19(15-21(26)14-13-16-9-7-8-12-18(16)21)22-23-20(25)24(2)17-10-5-4-6-11-17/h4-12,26H,3,13-15H2,1-2H3. The van der Waals surface area contributed by atoms with Crippen molar-refractivity contribution in [2.75, 3.05) is 11.9 Å². The Morgan fingerprint density at radius 2 is 1.81 bits per heavy atom. The van der Waals surface area contributed by atoms with Gasteiger partial charge in [-0.3, -0.25) is 4.57 Å². The minimum Gasteiger partial charge on any atom is -0.385 e.